The fourth-order valence-corrected chi connectivity index (χ4v) is 2.26. The summed E-state index contributed by atoms with van der Waals surface area (Å²) in [5.74, 6) is 2.04. The number of likely N-dealkylation sites (N-methyl/N-ethyl adjacent to an activating group) is 1. The molecule has 0 aromatic carbocycles. The lowest BCUT2D eigenvalue weighted by molar-refractivity contribution is 0.402. The van der Waals surface area contributed by atoms with E-state index in [1.165, 1.54) is 5.69 Å². The van der Waals surface area contributed by atoms with Crippen molar-refractivity contribution in [2.24, 2.45) is 7.05 Å². The van der Waals surface area contributed by atoms with Gasteiger partial charge >= 0.3 is 0 Å². The fraction of sp³-hybridized carbons (Fsp3) is 0.533. The van der Waals surface area contributed by atoms with E-state index in [9.17, 15) is 0 Å². The largest absolute Gasteiger partial charge is 0.464 e. The molecule has 4 heteroatoms. The molecule has 2 rings (SSSR count). The second kappa shape index (κ2) is 6.06. The van der Waals surface area contributed by atoms with E-state index in [0.717, 1.165) is 36.5 Å². The van der Waals surface area contributed by atoms with E-state index >= 15 is 0 Å². The summed E-state index contributed by atoms with van der Waals surface area (Å²) in [6.45, 7) is 4.23. The van der Waals surface area contributed by atoms with Gasteiger partial charge in [-0.1, -0.05) is 13.8 Å². The number of rotatable bonds is 6. The summed E-state index contributed by atoms with van der Waals surface area (Å²) in [5, 5.41) is 7.81. The predicted molar refractivity (Wildman–Crippen MR) is 76.2 cm³/mol. The molecule has 0 fully saturated rings. The van der Waals surface area contributed by atoms with Gasteiger partial charge in [0.1, 0.15) is 11.5 Å². The first-order chi connectivity index (χ1) is 9.17. The van der Waals surface area contributed by atoms with E-state index in [2.05, 4.69) is 42.5 Å². The van der Waals surface area contributed by atoms with Gasteiger partial charge in [-0.2, -0.15) is 5.10 Å². The van der Waals surface area contributed by atoms with Crippen LogP contribution in [0.25, 0.3) is 0 Å². The summed E-state index contributed by atoms with van der Waals surface area (Å²) in [4.78, 5) is 0. The van der Waals surface area contributed by atoms with Crippen molar-refractivity contribution in [2.45, 2.75) is 39.2 Å². The molecule has 0 aliphatic heterocycles. The van der Waals surface area contributed by atoms with Crippen LogP contribution in [0.3, 0.4) is 0 Å². The minimum absolute atomic E-state index is 0.195. The molecule has 1 atom stereocenters. The molecule has 0 amide bonds. The highest BCUT2D eigenvalue weighted by Gasteiger charge is 2.16. The molecular weight excluding hydrogens is 238 g/mol. The molecule has 0 spiro atoms. The summed E-state index contributed by atoms with van der Waals surface area (Å²) >= 11 is 0. The first-order valence-electron chi connectivity index (χ1n) is 6.95. The van der Waals surface area contributed by atoms with Crippen LogP contribution in [0.5, 0.6) is 0 Å². The van der Waals surface area contributed by atoms with E-state index in [-0.39, 0.29) is 6.04 Å². The molecule has 0 aliphatic rings. The van der Waals surface area contributed by atoms with Gasteiger partial charge in [0.15, 0.2) is 0 Å². The van der Waals surface area contributed by atoms with E-state index in [0.29, 0.717) is 0 Å². The summed E-state index contributed by atoms with van der Waals surface area (Å²) < 4.78 is 7.80. The number of furan rings is 1. The molecule has 0 aliphatic carbocycles. The van der Waals surface area contributed by atoms with Crippen LogP contribution in [0.1, 0.15) is 42.8 Å². The van der Waals surface area contributed by atoms with E-state index in [1.54, 1.807) is 0 Å². The van der Waals surface area contributed by atoms with Crippen LogP contribution in [0.4, 0.5) is 0 Å². The summed E-state index contributed by atoms with van der Waals surface area (Å²) in [6, 6.07) is 6.49. The third-order valence-electron chi connectivity index (χ3n) is 3.53. The van der Waals surface area contributed by atoms with Crippen molar-refractivity contribution in [3.05, 3.63) is 41.1 Å². The van der Waals surface area contributed by atoms with Gasteiger partial charge < -0.3 is 9.73 Å². The van der Waals surface area contributed by atoms with Gasteiger partial charge in [0.05, 0.1) is 11.7 Å². The third kappa shape index (κ3) is 3.07. The Balaban J connectivity index is 2.16. The molecule has 1 unspecified atom stereocenters. The summed E-state index contributed by atoms with van der Waals surface area (Å²) in [6.07, 6.45) is 2.79. The van der Waals surface area contributed by atoms with Gasteiger partial charge in [0, 0.05) is 25.6 Å². The van der Waals surface area contributed by atoms with Crippen molar-refractivity contribution >= 4 is 0 Å². The maximum Gasteiger partial charge on any atom is 0.121 e. The Labute approximate surface area is 114 Å². The Hall–Kier alpha value is -1.55. The molecule has 2 aromatic heterocycles. The maximum atomic E-state index is 5.84. The zero-order valence-electron chi connectivity index (χ0n) is 12.2. The number of hydrogen-bond donors (Lipinski definition) is 1. The summed E-state index contributed by atoms with van der Waals surface area (Å²) in [5.41, 5.74) is 2.37. The van der Waals surface area contributed by atoms with E-state index in [4.69, 9.17) is 4.42 Å². The van der Waals surface area contributed by atoms with Gasteiger partial charge in [-0.25, -0.2) is 0 Å². The van der Waals surface area contributed by atoms with Crippen LogP contribution < -0.4 is 5.32 Å². The topological polar surface area (TPSA) is 43.0 Å². The van der Waals surface area contributed by atoms with Gasteiger partial charge in [0.2, 0.25) is 0 Å². The smallest absolute Gasteiger partial charge is 0.121 e. The van der Waals surface area contributed by atoms with Crippen LogP contribution in [0.15, 0.2) is 22.6 Å². The van der Waals surface area contributed by atoms with Crippen molar-refractivity contribution < 1.29 is 4.42 Å². The number of hydrogen-bond acceptors (Lipinski definition) is 3. The molecule has 0 radical (unpaired) electrons. The van der Waals surface area contributed by atoms with Gasteiger partial charge in [-0.15, -0.1) is 0 Å². The first kappa shape index (κ1) is 13.9. The van der Waals surface area contributed by atoms with Crippen LogP contribution in [0.2, 0.25) is 0 Å². The molecule has 0 saturated heterocycles. The highest BCUT2D eigenvalue weighted by atomic mass is 16.3. The van der Waals surface area contributed by atoms with Gasteiger partial charge in [-0.05, 0) is 31.7 Å². The average Bonchev–Trinajstić information content (AvgIpc) is 3.02. The number of nitrogens with one attached hydrogen (secondary N) is 1. The Morgan fingerprint density at radius 2 is 2.11 bits per heavy atom. The lowest BCUT2D eigenvalue weighted by Gasteiger charge is -2.13. The van der Waals surface area contributed by atoms with Crippen LogP contribution >= 0.6 is 0 Å². The van der Waals surface area contributed by atoms with Crippen molar-refractivity contribution in [1.29, 1.82) is 0 Å². The van der Waals surface area contributed by atoms with Gasteiger partial charge in [0.25, 0.3) is 0 Å². The SMILES string of the molecule is CCc1cc(CC(NC)c2ccc(CC)o2)n(C)n1. The maximum absolute atomic E-state index is 5.84. The van der Waals surface area contributed by atoms with E-state index < -0.39 is 0 Å². The Kier molecular flexibility index (Phi) is 4.43. The van der Waals surface area contributed by atoms with Crippen molar-refractivity contribution in [3.8, 4) is 0 Å². The molecule has 0 bridgehead atoms. The molecule has 2 aromatic rings. The highest BCUT2D eigenvalue weighted by molar-refractivity contribution is 5.16. The highest BCUT2D eigenvalue weighted by Crippen LogP contribution is 2.21. The number of nitrogens with zero attached hydrogens (tertiary/aromatic N) is 2. The second-order valence-electron chi connectivity index (χ2n) is 4.81. The summed E-state index contributed by atoms with van der Waals surface area (Å²) in [7, 11) is 3.97. The molecule has 2 heterocycles. The molecule has 4 nitrogen and oxygen atoms in total. The number of aromatic nitrogens is 2. The van der Waals surface area contributed by atoms with Crippen LogP contribution in [-0.4, -0.2) is 16.8 Å². The lowest BCUT2D eigenvalue weighted by atomic mass is 10.1. The minimum Gasteiger partial charge on any atom is -0.464 e. The van der Waals surface area contributed by atoms with Gasteiger partial charge in [-0.3, -0.25) is 4.68 Å². The lowest BCUT2D eigenvalue weighted by Crippen LogP contribution is -2.19. The number of aryl methyl sites for hydroxylation is 3. The molecular formula is C15H23N3O. The predicted octanol–water partition coefficient (Wildman–Crippen LogP) is 2.64. The monoisotopic (exact) mass is 261 g/mol. The molecule has 0 saturated carbocycles. The van der Waals surface area contributed by atoms with Crippen LogP contribution in [-0.2, 0) is 26.3 Å². The zero-order chi connectivity index (χ0) is 13.8. The van der Waals surface area contributed by atoms with Crippen molar-refractivity contribution in [3.63, 3.8) is 0 Å². The minimum atomic E-state index is 0.195. The molecule has 1 N–H and O–H groups in total. The van der Waals surface area contributed by atoms with Crippen molar-refractivity contribution in [1.82, 2.24) is 15.1 Å². The fourth-order valence-electron chi connectivity index (χ4n) is 2.26. The average molecular weight is 261 g/mol. The third-order valence-corrected chi connectivity index (χ3v) is 3.53. The Bertz CT molecular complexity index is 527. The second-order valence-corrected chi connectivity index (χ2v) is 4.81. The van der Waals surface area contributed by atoms with Crippen molar-refractivity contribution in [2.75, 3.05) is 7.05 Å². The Morgan fingerprint density at radius 1 is 1.32 bits per heavy atom. The molecule has 19 heavy (non-hydrogen) atoms. The molecule has 104 valence electrons. The van der Waals surface area contributed by atoms with E-state index in [1.807, 2.05) is 18.8 Å². The standard InChI is InChI=1S/C15H23N3O/c1-5-11-9-12(18(4)17-11)10-14(16-3)15-8-7-13(6-2)19-15/h7-9,14,16H,5-6,10H2,1-4H3. The zero-order valence-corrected chi connectivity index (χ0v) is 12.2. The first-order valence-corrected chi connectivity index (χ1v) is 6.95. The van der Waals surface area contributed by atoms with Crippen LogP contribution in [0, 0.1) is 0 Å². The normalized spacial score (nSPS) is 12.8. The quantitative estimate of drug-likeness (QED) is 0.869. The Morgan fingerprint density at radius 3 is 2.63 bits per heavy atom.